The van der Waals surface area contributed by atoms with E-state index in [0.717, 1.165) is 66.9 Å². The van der Waals surface area contributed by atoms with Crippen molar-refractivity contribution in [1.29, 1.82) is 0 Å². The van der Waals surface area contributed by atoms with Gasteiger partial charge in [-0.2, -0.15) is 0 Å². The first-order valence-electron chi connectivity index (χ1n) is 12.2. The van der Waals surface area contributed by atoms with Gasteiger partial charge < -0.3 is 19.8 Å². The molecule has 0 bridgehead atoms. The van der Waals surface area contributed by atoms with Gasteiger partial charge in [-0.05, 0) is 91.9 Å². The Bertz CT molecular complexity index is 1090. The highest BCUT2D eigenvalue weighted by Crippen LogP contribution is 2.35. The van der Waals surface area contributed by atoms with Gasteiger partial charge in [0.25, 0.3) is 0 Å². The lowest BCUT2D eigenvalue weighted by atomic mass is 9.79. The van der Waals surface area contributed by atoms with E-state index in [0.29, 0.717) is 12.3 Å². The van der Waals surface area contributed by atoms with Crippen LogP contribution in [0.5, 0.6) is 5.75 Å². The van der Waals surface area contributed by atoms with Crippen LogP contribution in [0.4, 0.5) is 0 Å². The first-order chi connectivity index (χ1) is 17.0. The summed E-state index contributed by atoms with van der Waals surface area (Å²) in [6.45, 7) is 2.83. The summed E-state index contributed by atoms with van der Waals surface area (Å²) in [4.78, 5) is 18.4. The summed E-state index contributed by atoms with van der Waals surface area (Å²) in [5, 5.41) is 23.6. The van der Waals surface area contributed by atoms with Crippen molar-refractivity contribution in [2.45, 2.75) is 42.4 Å². The van der Waals surface area contributed by atoms with Gasteiger partial charge in [0.15, 0.2) is 0 Å². The maximum Gasteiger partial charge on any atom is 0.303 e. The Kier molecular flexibility index (Phi) is 9.43. The molecule has 0 saturated carbocycles. The molecular formula is C27H34N2O4S2. The van der Waals surface area contributed by atoms with Crippen LogP contribution in [0.15, 0.2) is 52.2 Å². The minimum absolute atomic E-state index is 0.118. The Morgan fingerprint density at radius 1 is 1.31 bits per heavy atom. The SMILES string of the molecule is COc1ccc2nccc(C(O)CC[C@@H]3CCN(CCCSc4cccs4)C[C@@H]3CC(=O)O)c2c1. The molecule has 1 fully saturated rings. The topological polar surface area (TPSA) is 82.9 Å². The number of hydrogen-bond donors (Lipinski definition) is 2. The van der Waals surface area contributed by atoms with Crippen molar-refractivity contribution in [3.05, 3.63) is 53.5 Å². The monoisotopic (exact) mass is 514 g/mol. The molecule has 1 aliphatic heterocycles. The molecule has 0 radical (unpaired) electrons. The van der Waals surface area contributed by atoms with Gasteiger partial charge in [-0.25, -0.2) is 0 Å². The standard InChI is InChI=1S/C27H34N2O4S2/c1-33-21-6-7-24-23(17-21)22(9-11-28-24)25(30)8-5-19-10-13-29(18-20(19)16-26(31)32)12-3-15-35-27-4-2-14-34-27/h2,4,6-7,9,11,14,17,19-20,25,30H,3,5,8,10,12-13,15-16,18H2,1H3,(H,31,32)/t19-,20+,25?/m1/s1. The van der Waals surface area contributed by atoms with Crippen LogP contribution in [0.25, 0.3) is 10.9 Å². The molecule has 0 aliphatic carbocycles. The van der Waals surface area contributed by atoms with Crippen molar-refractivity contribution in [1.82, 2.24) is 9.88 Å². The lowest BCUT2D eigenvalue weighted by molar-refractivity contribution is -0.139. The van der Waals surface area contributed by atoms with E-state index in [1.807, 2.05) is 36.0 Å². The maximum atomic E-state index is 11.6. The number of pyridine rings is 1. The number of aliphatic hydroxyl groups is 1. The number of carbonyl (C=O) groups is 1. The normalized spacial score (nSPS) is 19.6. The number of carboxylic acid groups (broad SMARTS) is 1. The smallest absolute Gasteiger partial charge is 0.303 e. The number of aliphatic hydroxyl groups excluding tert-OH is 1. The molecule has 1 aromatic carbocycles. The molecule has 4 rings (SSSR count). The number of carboxylic acids is 1. The number of benzene rings is 1. The Morgan fingerprint density at radius 2 is 2.20 bits per heavy atom. The van der Waals surface area contributed by atoms with Crippen LogP contribution in [-0.4, -0.2) is 58.6 Å². The number of aromatic nitrogens is 1. The lowest BCUT2D eigenvalue weighted by Gasteiger charge is -2.38. The molecule has 6 nitrogen and oxygen atoms in total. The molecule has 2 aromatic heterocycles. The average molecular weight is 515 g/mol. The number of rotatable bonds is 12. The molecule has 1 aliphatic rings. The Hall–Kier alpha value is -2.13. The number of piperidine rings is 1. The van der Waals surface area contributed by atoms with Crippen molar-refractivity contribution in [2.75, 3.05) is 32.5 Å². The zero-order valence-electron chi connectivity index (χ0n) is 20.1. The van der Waals surface area contributed by atoms with Crippen molar-refractivity contribution in [3.63, 3.8) is 0 Å². The number of thiophene rings is 1. The molecule has 0 spiro atoms. The van der Waals surface area contributed by atoms with E-state index < -0.39 is 12.1 Å². The number of likely N-dealkylation sites (tertiary alicyclic amines) is 1. The lowest BCUT2D eigenvalue weighted by Crippen LogP contribution is -2.42. The van der Waals surface area contributed by atoms with Crippen LogP contribution in [0.3, 0.4) is 0 Å². The van der Waals surface area contributed by atoms with Gasteiger partial charge in [0.1, 0.15) is 5.75 Å². The first-order valence-corrected chi connectivity index (χ1v) is 14.1. The molecule has 1 saturated heterocycles. The summed E-state index contributed by atoms with van der Waals surface area (Å²) in [5.74, 6) is 1.51. The summed E-state index contributed by atoms with van der Waals surface area (Å²) >= 11 is 3.68. The zero-order chi connectivity index (χ0) is 24.6. The highest BCUT2D eigenvalue weighted by atomic mass is 32.2. The molecule has 2 N–H and O–H groups in total. The maximum absolute atomic E-state index is 11.6. The number of hydrogen-bond acceptors (Lipinski definition) is 7. The van der Waals surface area contributed by atoms with E-state index in [1.165, 1.54) is 4.21 Å². The van der Waals surface area contributed by atoms with Crippen molar-refractivity contribution in [3.8, 4) is 5.75 Å². The number of aliphatic carboxylic acids is 1. The number of nitrogens with zero attached hydrogens (tertiary/aromatic N) is 2. The third kappa shape index (κ3) is 7.19. The highest BCUT2D eigenvalue weighted by molar-refractivity contribution is 8.01. The molecule has 3 atom stereocenters. The summed E-state index contributed by atoms with van der Waals surface area (Å²) in [6, 6.07) is 11.8. The number of fused-ring (bicyclic) bond motifs is 1. The predicted octanol–water partition coefficient (Wildman–Crippen LogP) is 5.71. The molecule has 1 unspecified atom stereocenters. The Labute approximate surface area is 215 Å². The van der Waals surface area contributed by atoms with Gasteiger partial charge in [0.05, 0.1) is 22.9 Å². The summed E-state index contributed by atoms with van der Waals surface area (Å²) in [5.41, 5.74) is 1.68. The fourth-order valence-electron chi connectivity index (χ4n) is 5.09. The van der Waals surface area contributed by atoms with E-state index in [1.54, 1.807) is 24.6 Å². The third-order valence-corrected chi connectivity index (χ3v) is 9.14. The van der Waals surface area contributed by atoms with Crippen LogP contribution in [-0.2, 0) is 4.79 Å². The molecule has 35 heavy (non-hydrogen) atoms. The van der Waals surface area contributed by atoms with Crippen LogP contribution in [0.1, 0.15) is 43.8 Å². The second-order valence-corrected chi connectivity index (χ2v) is 11.6. The van der Waals surface area contributed by atoms with Crippen molar-refractivity contribution < 1.29 is 19.7 Å². The second kappa shape index (κ2) is 12.7. The first kappa shape index (κ1) is 25.9. The van der Waals surface area contributed by atoms with Gasteiger partial charge in [-0.3, -0.25) is 9.78 Å². The quantitative estimate of drug-likeness (QED) is 0.236. The number of methoxy groups -OCH3 is 1. The second-order valence-electron chi connectivity index (χ2n) is 9.22. The minimum Gasteiger partial charge on any atom is -0.497 e. The van der Waals surface area contributed by atoms with Gasteiger partial charge in [0, 0.05) is 30.3 Å². The van der Waals surface area contributed by atoms with E-state index >= 15 is 0 Å². The van der Waals surface area contributed by atoms with Crippen LogP contribution in [0, 0.1) is 11.8 Å². The number of ether oxygens (including phenoxy) is 1. The van der Waals surface area contributed by atoms with Gasteiger partial charge in [-0.15, -0.1) is 23.1 Å². The summed E-state index contributed by atoms with van der Waals surface area (Å²) in [7, 11) is 1.63. The average Bonchev–Trinajstić information content (AvgIpc) is 3.38. The van der Waals surface area contributed by atoms with Crippen LogP contribution in [0.2, 0.25) is 0 Å². The number of thioether (sulfide) groups is 1. The van der Waals surface area contributed by atoms with Crippen molar-refractivity contribution >= 4 is 40.0 Å². The third-order valence-electron chi connectivity index (χ3n) is 6.92. The van der Waals surface area contributed by atoms with Gasteiger partial charge in [0.2, 0.25) is 0 Å². The molecule has 0 amide bonds. The van der Waals surface area contributed by atoms with Gasteiger partial charge >= 0.3 is 5.97 Å². The van der Waals surface area contributed by atoms with Gasteiger partial charge in [-0.1, -0.05) is 6.07 Å². The van der Waals surface area contributed by atoms with E-state index in [9.17, 15) is 15.0 Å². The fourth-order valence-corrected chi connectivity index (χ4v) is 6.88. The highest BCUT2D eigenvalue weighted by Gasteiger charge is 2.31. The molecule has 8 heteroatoms. The molecular weight excluding hydrogens is 480 g/mol. The summed E-state index contributed by atoms with van der Waals surface area (Å²) < 4.78 is 6.71. The van der Waals surface area contributed by atoms with Crippen molar-refractivity contribution in [2.24, 2.45) is 11.8 Å². The van der Waals surface area contributed by atoms with E-state index in [4.69, 9.17) is 4.74 Å². The predicted molar refractivity (Wildman–Crippen MR) is 142 cm³/mol. The Balaban J connectivity index is 1.32. The molecule has 3 heterocycles. The zero-order valence-corrected chi connectivity index (χ0v) is 21.8. The van der Waals surface area contributed by atoms with Crippen LogP contribution < -0.4 is 4.74 Å². The molecule has 188 valence electrons. The van der Waals surface area contributed by atoms with E-state index in [-0.39, 0.29) is 12.3 Å². The molecule has 3 aromatic rings. The largest absolute Gasteiger partial charge is 0.497 e. The minimum atomic E-state index is -0.733. The van der Waals surface area contributed by atoms with Crippen LogP contribution >= 0.6 is 23.1 Å². The van der Waals surface area contributed by atoms with E-state index in [2.05, 4.69) is 27.4 Å². The fraction of sp³-hybridized carbons (Fsp3) is 0.481. The summed E-state index contributed by atoms with van der Waals surface area (Å²) in [6.07, 6.45) is 4.80. The Morgan fingerprint density at radius 3 is 2.97 bits per heavy atom.